The predicted octanol–water partition coefficient (Wildman–Crippen LogP) is 5.58. The summed E-state index contributed by atoms with van der Waals surface area (Å²) in [6, 6.07) is 5.10. The van der Waals surface area contributed by atoms with Crippen molar-refractivity contribution in [3.05, 3.63) is 34.3 Å². The maximum Gasteiger partial charge on any atom is 0.312 e. The second-order valence-electron chi connectivity index (χ2n) is 3.83. The Morgan fingerprint density at radius 1 is 1.00 bits per heavy atom. The van der Waals surface area contributed by atoms with Crippen molar-refractivity contribution in [1.82, 2.24) is 19.9 Å². The number of nitrogens with zero attached hydrogens (tertiary/aromatic N) is 3. The number of nitrogens with two attached hydrogens (primary N) is 1. The minimum Gasteiger partial charge on any atom is -0.382 e. The lowest BCUT2D eigenvalue weighted by Crippen LogP contribution is -1.97. The molecule has 24 heavy (non-hydrogen) atoms. The van der Waals surface area contributed by atoms with Gasteiger partial charge in [-0.3, -0.25) is 0 Å². The van der Waals surface area contributed by atoms with E-state index in [9.17, 15) is 4.39 Å². The van der Waals surface area contributed by atoms with Gasteiger partial charge in [-0.15, -0.1) is 0 Å². The van der Waals surface area contributed by atoms with E-state index in [4.69, 9.17) is 28.9 Å². The molecule has 0 unspecified atom stereocenters. The fourth-order valence-electron chi connectivity index (χ4n) is 1.62. The molecule has 0 aliphatic rings. The van der Waals surface area contributed by atoms with Crippen LogP contribution < -0.4 is 5.73 Å². The van der Waals surface area contributed by atoms with Crippen molar-refractivity contribution in [1.29, 1.82) is 0 Å². The number of anilines is 1. The Bertz CT molecular complexity index is 790. The standard InChI is InChI=1S/C11H6Cl2FN5S.2C2H6/c12-4-1-5(13)3-6(2-4)20-11-16-7-8(15)17-10(14)18-9(7)19-11;2*1-2/h1-3H,(H3,15,16,17,18,19);2*1-2H3. The number of imidazole rings is 1. The Hall–Kier alpha value is -1.57. The highest BCUT2D eigenvalue weighted by Gasteiger charge is 2.12. The Labute approximate surface area is 154 Å². The average molecular weight is 390 g/mol. The molecule has 0 aliphatic heterocycles. The molecule has 2 aromatic heterocycles. The van der Waals surface area contributed by atoms with Crippen LogP contribution in [0.2, 0.25) is 10.0 Å². The van der Waals surface area contributed by atoms with E-state index in [0.29, 0.717) is 20.7 Å². The van der Waals surface area contributed by atoms with Crippen LogP contribution in [0.15, 0.2) is 28.3 Å². The summed E-state index contributed by atoms with van der Waals surface area (Å²) in [5, 5.41) is 1.52. The van der Waals surface area contributed by atoms with E-state index < -0.39 is 6.08 Å². The second-order valence-corrected chi connectivity index (χ2v) is 5.76. The van der Waals surface area contributed by atoms with Crippen LogP contribution >= 0.6 is 35.0 Å². The van der Waals surface area contributed by atoms with Gasteiger partial charge in [0.15, 0.2) is 16.6 Å². The first-order valence-electron chi connectivity index (χ1n) is 7.34. The lowest BCUT2D eigenvalue weighted by atomic mass is 10.4. The highest BCUT2D eigenvalue weighted by molar-refractivity contribution is 7.99. The largest absolute Gasteiger partial charge is 0.382 e. The Kier molecular flexibility index (Phi) is 8.24. The van der Waals surface area contributed by atoms with Gasteiger partial charge in [0, 0.05) is 14.9 Å². The fourth-order valence-corrected chi connectivity index (χ4v) is 3.15. The number of nitrogen functional groups attached to an aromatic ring is 1. The number of hydrogen-bond acceptors (Lipinski definition) is 5. The lowest BCUT2D eigenvalue weighted by Gasteiger charge is -1.99. The molecule has 0 atom stereocenters. The summed E-state index contributed by atoms with van der Waals surface area (Å²) in [4.78, 5) is 14.8. The van der Waals surface area contributed by atoms with Gasteiger partial charge in [-0.1, -0.05) is 62.7 Å². The zero-order chi connectivity index (χ0) is 18.3. The molecule has 0 saturated carbocycles. The number of halogens is 3. The SMILES string of the molecule is CC.CC.Nc1nc(F)nc2nc(Sc3cc(Cl)cc(Cl)c3)[nH]c12. The van der Waals surface area contributed by atoms with Crippen molar-refractivity contribution >= 4 is 51.9 Å². The zero-order valence-electron chi connectivity index (χ0n) is 13.7. The van der Waals surface area contributed by atoms with E-state index >= 15 is 0 Å². The van der Waals surface area contributed by atoms with Gasteiger partial charge in [0.1, 0.15) is 5.52 Å². The second kappa shape index (κ2) is 9.66. The smallest absolute Gasteiger partial charge is 0.312 e. The van der Waals surface area contributed by atoms with Gasteiger partial charge < -0.3 is 10.7 Å². The number of fused-ring (bicyclic) bond motifs is 1. The maximum absolute atomic E-state index is 13.0. The van der Waals surface area contributed by atoms with Crippen molar-refractivity contribution in [2.24, 2.45) is 0 Å². The maximum atomic E-state index is 13.0. The van der Waals surface area contributed by atoms with Crippen molar-refractivity contribution in [3.8, 4) is 0 Å². The van der Waals surface area contributed by atoms with Gasteiger partial charge in [0.05, 0.1) is 0 Å². The normalized spacial score (nSPS) is 9.79. The summed E-state index contributed by atoms with van der Waals surface area (Å²) in [7, 11) is 0. The minimum absolute atomic E-state index is 0.0102. The van der Waals surface area contributed by atoms with Gasteiger partial charge in [-0.25, -0.2) is 4.98 Å². The molecule has 2 heterocycles. The van der Waals surface area contributed by atoms with E-state index in [2.05, 4.69) is 19.9 Å². The molecular weight excluding hydrogens is 372 g/mol. The monoisotopic (exact) mass is 389 g/mol. The number of benzene rings is 1. The van der Waals surface area contributed by atoms with Crippen molar-refractivity contribution in [2.45, 2.75) is 37.7 Å². The summed E-state index contributed by atoms with van der Waals surface area (Å²) in [5.74, 6) is 0.0102. The average Bonchev–Trinajstić information content (AvgIpc) is 2.93. The molecule has 0 spiro atoms. The van der Waals surface area contributed by atoms with Gasteiger partial charge in [-0.2, -0.15) is 14.4 Å². The summed E-state index contributed by atoms with van der Waals surface area (Å²) in [6.07, 6.45) is -0.913. The number of aromatic amines is 1. The van der Waals surface area contributed by atoms with Crippen molar-refractivity contribution < 1.29 is 4.39 Å². The first-order chi connectivity index (χ1) is 11.5. The summed E-state index contributed by atoms with van der Waals surface area (Å²) >= 11 is 13.1. The quantitative estimate of drug-likeness (QED) is 0.558. The van der Waals surface area contributed by atoms with Gasteiger partial charge in [0.2, 0.25) is 0 Å². The predicted molar refractivity (Wildman–Crippen MR) is 99.3 cm³/mol. The molecule has 9 heteroatoms. The van der Waals surface area contributed by atoms with Crippen LogP contribution in [-0.4, -0.2) is 19.9 Å². The van der Waals surface area contributed by atoms with E-state index in [1.807, 2.05) is 27.7 Å². The van der Waals surface area contributed by atoms with E-state index in [1.54, 1.807) is 18.2 Å². The Morgan fingerprint density at radius 2 is 1.58 bits per heavy atom. The topological polar surface area (TPSA) is 80.5 Å². The summed E-state index contributed by atoms with van der Waals surface area (Å²) < 4.78 is 13.0. The molecule has 3 aromatic rings. The van der Waals surface area contributed by atoms with Crippen LogP contribution in [0, 0.1) is 6.08 Å². The number of aromatic nitrogens is 4. The molecular formula is C15H18Cl2FN5S. The third-order valence-electron chi connectivity index (χ3n) is 2.38. The molecule has 0 saturated heterocycles. The highest BCUT2D eigenvalue weighted by atomic mass is 35.5. The number of H-pyrrole nitrogens is 1. The van der Waals surface area contributed by atoms with Crippen LogP contribution in [0.1, 0.15) is 27.7 Å². The molecule has 5 nitrogen and oxygen atoms in total. The highest BCUT2D eigenvalue weighted by Crippen LogP contribution is 2.31. The van der Waals surface area contributed by atoms with Crippen LogP contribution in [0.4, 0.5) is 10.2 Å². The first-order valence-corrected chi connectivity index (χ1v) is 8.91. The number of nitrogens with one attached hydrogen (secondary N) is 1. The molecule has 0 aliphatic carbocycles. The Morgan fingerprint density at radius 3 is 2.17 bits per heavy atom. The molecule has 130 valence electrons. The third kappa shape index (κ3) is 5.22. The zero-order valence-corrected chi connectivity index (χ0v) is 16.0. The fraction of sp³-hybridized carbons (Fsp3) is 0.267. The molecule has 3 N–H and O–H groups in total. The van der Waals surface area contributed by atoms with Crippen molar-refractivity contribution in [3.63, 3.8) is 0 Å². The van der Waals surface area contributed by atoms with Gasteiger partial charge >= 0.3 is 6.08 Å². The van der Waals surface area contributed by atoms with Gasteiger partial charge in [-0.05, 0) is 18.2 Å². The van der Waals surface area contributed by atoms with Crippen LogP contribution in [0.25, 0.3) is 11.2 Å². The lowest BCUT2D eigenvalue weighted by molar-refractivity contribution is 0.545. The van der Waals surface area contributed by atoms with E-state index in [1.165, 1.54) is 11.8 Å². The molecule has 0 fully saturated rings. The molecule has 0 radical (unpaired) electrons. The van der Waals surface area contributed by atoms with E-state index in [-0.39, 0.29) is 11.5 Å². The van der Waals surface area contributed by atoms with Crippen LogP contribution in [0.5, 0.6) is 0 Å². The Balaban J connectivity index is 0.000000671. The molecule has 1 aromatic carbocycles. The minimum atomic E-state index is -0.913. The third-order valence-corrected chi connectivity index (χ3v) is 3.68. The summed E-state index contributed by atoms with van der Waals surface area (Å²) in [6.45, 7) is 8.00. The first kappa shape index (κ1) is 20.5. The summed E-state index contributed by atoms with van der Waals surface area (Å²) in [5.41, 5.74) is 6.16. The van der Waals surface area contributed by atoms with E-state index in [0.717, 1.165) is 4.90 Å². The number of rotatable bonds is 2. The molecule has 0 amide bonds. The van der Waals surface area contributed by atoms with Crippen LogP contribution in [-0.2, 0) is 0 Å². The number of hydrogen-bond donors (Lipinski definition) is 2. The van der Waals surface area contributed by atoms with Crippen LogP contribution in [0.3, 0.4) is 0 Å². The molecule has 3 rings (SSSR count). The van der Waals surface area contributed by atoms with Gasteiger partial charge in [0.25, 0.3) is 0 Å². The molecule has 0 bridgehead atoms. The van der Waals surface area contributed by atoms with Crippen molar-refractivity contribution in [2.75, 3.05) is 5.73 Å².